The lowest BCUT2D eigenvalue weighted by atomic mass is 10.3. The van der Waals surface area contributed by atoms with Crippen LogP contribution in [-0.2, 0) is 9.53 Å². The van der Waals surface area contributed by atoms with E-state index in [0.29, 0.717) is 0 Å². The molecule has 0 aliphatic carbocycles. The number of anilines is 1. The van der Waals surface area contributed by atoms with Gasteiger partial charge in [-0.2, -0.15) is 0 Å². The van der Waals surface area contributed by atoms with Gasteiger partial charge in [-0.15, -0.1) is 0 Å². The zero-order chi connectivity index (χ0) is 12.1. The third kappa shape index (κ3) is 3.53. The summed E-state index contributed by atoms with van der Waals surface area (Å²) in [4.78, 5) is 11.2. The second-order valence-corrected chi connectivity index (χ2v) is 3.89. The van der Waals surface area contributed by atoms with E-state index in [9.17, 15) is 13.6 Å². The predicted octanol–water partition coefficient (Wildman–Crippen LogP) is 2.70. The molecule has 1 rings (SSSR count). The summed E-state index contributed by atoms with van der Waals surface area (Å²) < 4.78 is 31.0. The van der Waals surface area contributed by atoms with E-state index in [4.69, 9.17) is 0 Å². The number of amides is 1. The van der Waals surface area contributed by atoms with Crippen LogP contribution in [0.4, 0.5) is 14.5 Å². The van der Waals surface area contributed by atoms with Gasteiger partial charge in [0, 0.05) is 13.2 Å². The molecule has 3 nitrogen and oxygen atoms in total. The summed E-state index contributed by atoms with van der Waals surface area (Å²) in [6, 6.07) is 1.88. The second-order valence-electron chi connectivity index (χ2n) is 3.04. The van der Waals surface area contributed by atoms with Gasteiger partial charge in [-0.05, 0) is 22.0 Å². The summed E-state index contributed by atoms with van der Waals surface area (Å²) in [5.74, 6) is -1.76. The number of ether oxygens (including phenoxy) is 1. The highest BCUT2D eigenvalue weighted by Gasteiger charge is 2.10. The number of benzene rings is 1. The van der Waals surface area contributed by atoms with Gasteiger partial charge in [0.25, 0.3) is 0 Å². The molecule has 0 atom stereocenters. The molecule has 0 radical (unpaired) electrons. The highest BCUT2D eigenvalue weighted by Crippen LogP contribution is 2.23. The Morgan fingerprint density at radius 3 is 2.75 bits per heavy atom. The quantitative estimate of drug-likeness (QED) is 0.867. The van der Waals surface area contributed by atoms with Gasteiger partial charge in [-0.25, -0.2) is 8.78 Å². The van der Waals surface area contributed by atoms with E-state index in [0.717, 1.165) is 12.1 Å². The number of hydrogen-bond acceptors (Lipinski definition) is 2. The molecule has 1 aromatic carbocycles. The second kappa shape index (κ2) is 5.91. The molecule has 1 amide bonds. The van der Waals surface area contributed by atoms with Crippen molar-refractivity contribution in [1.82, 2.24) is 0 Å². The van der Waals surface area contributed by atoms with Crippen LogP contribution in [0, 0.1) is 11.6 Å². The average Bonchev–Trinajstić information content (AvgIpc) is 2.23. The standard InChI is InChI=1S/C10H10BrF2NO2/c1-16-3-2-10(15)14-9-5-7(12)6(11)4-8(9)13/h4-5H,2-3H2,1H3,(H,14,15). The molecule has 88 valence electrons. The van der Waals surface area contributed by atoms with E-state index in [1.807, 2.05) is 0 Å². The fourth-order valence-corrected chi connectivity index (χ4v) is 1.34. The molecule has 1 N–H and O–H groups in total. The van der Waals surface area contributed by atoms with Gasteiger partial charge in [0.1, 0.15) is 11.6 Å². The van der Waals surface area contributed by atoms with Crippen molar-refractivity contribution in [2.75, 3.05) is 19.0 Å². The van der Waals surface area contributed by atoms with Gasteiger partial charge in [0.05, 0.1) is 23.2 Å². The molecule has 6 heteroatoms. The van der Waals surface area contributed by atoms with Crippen molar-refractivity contribution in [3.05, 3.63) is 28.2 Å². The minimum Gasteiger partial charge on any atom is -0.384 e. The van der Waals surface area contributed by atoms with Crippen LogP contribution in [0.5, 0.6) is 0 Å². The van der Waals surface area contributed by atoms with Crippen molar-refractivity contribution in [1.29, 1.82) is 0 Å². The number of rotatable bonds is 4. The molecule has 0 bridgehead atoms. The van der Waals surface area contributed by atoms with Crippen LogP contribution < -0.4 is 5.32 Å². The summed E-state index contributed by atoms with van der Waals surface area (Å²) in [6.45, 7) is 0.229. The predicted molar refractivity (Wildman–Crippen MR) is 59.2 cm³/mol. The van der Waals surface area contributed by atoms with E-state index >= 15 is 0 Å². The summed E-state index contributed by atoms with van der Waals surface area (Å²) in [5.41, 5.74) is -0.179. The van der Waals surface area contributed by atoms with Gasteiger partial charge in [0.15, 0.2) is 0 Å². The minimum atomic E-state index is -0.695. The maximum absolute atomic E-state index is 13.3. The number of methoxy groups -OCH3 is 1. The average molecular weight is 294 g/mol. The number of hydrogen-bond donors (Lipinski definition) is 1. The first-order valence-electron chi connectivity index (χ1n) is 4.48. The summed E-state index contributed by atoms with van der Waals surface area (Å²) in [5, 5.41) is 2.26. The van der Waals surface area contributed by atoms with Crippen LogP contribution in [0.1, 0.15) is 6.42 Å². The van der Waals surface area contributed by atoms with Crippen molar-refractivity contribution in [2.24, 2.45) is 0 Å². The minimum absolute atomic E-state index is 0.0138. The van der Waals surface area contributed by atoms with Crippen LogP contribution in [-0.4, -0.2) is 19.6 Å². The topological polar surface area (TPSA) is 38.3 Å². The molecule has 0 unspecified atom stereocenters. The lowest BCUT2D eigenvalue weighted by Crippen LogP contribution is -2.14. The summed E-state index contributed by atoms with van der Waals surface area (Å²) in [7, 11) is 1.45. The molecule has 0 aliphatic rings. The molecule has 0 heterocycles. The van der Waals surface area contributed by atoms with Gasteiger partial charge >= 0.3 is 0 Å². The maximum atomic E-state index is 13.3. The SMILES string of the molecule is COCCC(=O)Nc1cc(F)c(Br)cc1F. The van der Waals surface area contributed by atoms with Crippen LogP contribution in [0.25, 0.3) is 0 Å². The highest BCUT2D eigenvalue weighted by atomic mass is 79.9. The molecule has 0 aliphatic heterocycles. The zero-order valence-electron chi connectivity index (χ0n) is 8.52. The van der Waals surface area contributed by atoms with Gasteiger partial charge in [0.2, 0.25) is 5.91 Å². The number of carbonyl (C=O) groups excluding carboxylic acids is 1. The Morgan fingerprint density at radius 2 is 2.12 bits per heavy atom. The fourth-order valence-electron chi connectivity index (χ4n) is 1.03. The Labute approximate surface area is 99.9 Å². The first-order chi connectivity index (χ1) is 7.54. The smallest absolute Gasteiger partial charge is 0.226 e. The van der Waals surface area contributed by atoms with Gasteiger partial charge in [-0.3, -0.25) is 4.79 Å². The molecule has 1 aromatic rings. The van der Waals surface area contributed by atoms with Gasteiger partial charge in [-0.1, -0.05) is 0 Å². The number of nitrogens with one attached hydrogen (secondary N) is 1. The Kier molecular flexibility index (Phi) is 4.82. The first kappa shape index (κ1) is 13.1. The molecular formula is C10H10BrF2NO2. The van der Waals surface area contributed by atoms with Crippen LogP contribution in [0.2, 0.25) is 0 Å². The van der Waals surface area contributed by atoms with Crippen molar-refractivity contribution >= 4 is 27.5 Å². The summed E-state index contributed by atoms with van der Waals surface area (Å²) >= 11 is 2.84. The molecular weight excluding hydrogens is 284 g/mol. The fraction of sp³-hybridized carbons (Fsp3) is 0.300. The Balaban J connectivity index is 2.73. The van der Waals surface area contributed by atoms with Crippen LogP contribution in [0.3, 0.4) is 0 Å². The largest absolute Gasteiger partial charge is 0.384 e. The van der Waals surface area contributed by atoms with E-state index in [-0.39, 0.29) is 23.2 Å². The molecule has 0 spiro atoms. The Morgan fingerprint density at radius 1 is 1.44 bits per heavy atom. The monoisotopic (exact) mass is 293 g/mol. The lowest BCUT2D eigenvalue weighted by molar-refractivity contribution is -0.117. The first-order valence-corrected chi connectivity index (χ1v) is 5.27. The van der Waals surface area contributed by atoms with Crippen LogP contribution >= 0.6 is 15.9 Å². The molecule has 16 heavy (non-hydrogen) atoms. The molecule has 0 fully saturated rings. The Hall–Kier alpha value is -1.01. The number of halogens is 3. The summed E-state index contributed by atoms with van der Waals surface area (Å²) in [6.07, 6.45) is 0.0909. The number of carbonyl (C=O) groups is 1. The zero-order valence-corrected chi connectivity index (χ0v) is 10.1. The van der Waals surface area contributed by atoms with E-state index in [1.165, 1.54) is 7.11 Å². The van der Waals surface area contributed by atoms with E-state index in [2.05, 4.69) is 26.0 Å². The van der Waals surface area contributed by atoms with Crippen molar-refractivity contribution in [3.8, 4) is 0 Å². The normalized spacial score (nSPS) is 10.2. The maximum Gasteiger partial charge on any atom is 0.226 e. The molecule has 0 saturated heterocycles. The Bertz CT molecular complexity index is 399. The molecule has 0 aromatic heterocycles. The third-order valence-electron chi connectivity index (χ3n) is 1.82. The lowest BCUT2D eigenvalue weighted by Gasteiger charge is -2.07. The highest BCUT2D eigenvalue weighted by molar-refractivity contribution is 9.10. The van der Waals surface area contributed by atoms with Crippen molar-refractivity contribution < 1.29 is 18.3 Å². The van der Waals surface area contributed by atoms with E-state index < -0.39 is 17.5 Å². The van der Waals surface area contributed by atoms with Crippen molar-refractivity contribution in [3.63, 3.8) is 0 Å². The molecule has 0 saturated carbocycles. The third-order valence-corrected chi connectivity index (χ3v) is 2.43. The van der Waals surface area contributed by atoms with E-state index in [1.54, 1.807) is 0 Å². The van der Waals surface area contributed by atoms with Gasteiger partial charge < -0.3 is 10.1 Å². The van der Waals surface area contributed by atoms with Crippen LogP contribution in [0.15, 0.2) is 16.6 Å². The van der Waals surface area contributed by atoms with Crippen molar-refractivity contribution in [2.45, 2.75) is 6.42 Å².